The van der Waals surface area contributed by atoms with Crippen LogP contribution >= 0.6 is 0 Å². The molecule has 1 fully saturated rings. The summed E-state index contributed by atoms with van der Waals surface area (Å²) in [6.07, 6.45) is -1.74. The second-order valence-electron chi connectivity index (χ2n) is 4.83. The monoisotopic (exact) mass is 289 g/mol. The fraction of sp³-hybridized carbons (Fsp3) is 0.571. The van der Waals surface area contributed by atoms with Gasteiger partial charge in [-0.1, -0.05) is 6.07 Å². The zero-order chi connectivity index (χ0) is 14.6. The van der Waals surface area contributed by atoms with E-state index >= 15 is 0 Å². The second-order valence-corrected chi connectivity index (χ2v) is 4.83. The molecule has 20 heavy (non-hydrogen) atoms. The number of halogens is 3. The second kappa shape index (κ2) is 6.45. The molecule has 1 aromatic carbocycles. The lowest BCUT2D eigenvalue weighted by Gasteiger charge is -2.23. The Balaban J connectivity index is 2.09. The highest BCUT2D eigenvalue weighted by atomic mass is 19.4. The Morgan fingerprint density at radius 3 is 2.70 bits per heavy atom. The van der Waals surface area contributed by atoms with Crippen LogP contribution in [0.2, 0.25) is 0 Å². The first-order valence-corrected chi connectivity index (χ1v) is 6.65. The van der Waals surface area contributed by atoms with E-state index in [1.54, 1.807) is 6.07 Å². The number of nitrogens with two attached hydrogens (primary N) is 1. The minimum Gasteiger partial charge on any atom is -0.490 e. The number of hydrogen-bond acceptors (Lipinski definition) is 3. The molecule has 2 rings (SSSR count). The van der Waals surface area contributed by atoms with Crippen molar-refractivity contribution in [3.63, 3.8) is 0 Å². The zero-order valence-electron chi connectivity index (χ0n) is 11.1. The van der Waals surface area contributed by atoms with Crippen molar-refractivity contribution in [2.45, 2.75) is 38.1 Å². The van der Waals surface area contributed by atoms with Crippen LogP contribution in [0.15, 0.2) is 18.2 Å². The van der Waals surface area contributed by atoms with Crippen molar-refractivity contribution in [3.8, 4) is 5.75 Å². The summed E-state index contributed by atoms with van der Waals surface area (Å²) in [6, 6.07) is 3.91. The van der Waals surface area contributed by atoms with Crippen molar-refractivity contribution < 1.29 is 22.6 Å². The smallest absolute Gasteiger partial charge is 0.419 e. The average molecular weight is 289 g/mol. The first-order chi connectivity index (χ1) is 9.50. The quantitative estimate of drug-likeness (QED) is 0.926. The van der Waals surface area contributed by atoms with Gasteiger partial charge in [0.25, 0.3) is 0 Å². The van der Waals surface area contributed by atoms with E-state index in [0.29, 0.717) is 12.2 Å². The molecule has 1 aromatic rings. The number of benzene rings is 1. The summed E-state index contributed by atoms with van der Waals surface area (Å²) in [5.74, 6) is -0.163. The summed E-state index contributed by atoms with van der Waals surface area (Å²) in [5, 5.41) is 0. The Labute approximate surface area is 115 Å². The van der Waals surface area contributed by atoms with E-state index in [-0.39, 0.29) is 25.0 Å². The Morgan fingerprint density at radius 1 is 1.30 bits per heavy atom. The minimum atomic E-state index is -4.45. The van der Waals surface area contributed by atoms with Gasteiger partial charge < -0.3 is 15.2 Å². The van der Waals surface area contributed by atoms with Gasteiger partial charge in [0.05, 0.1) is 11.7 Å². The van der Waals surface area contributed by atoms with E-state index in [9.17, 15) is 13.2 Å². The van der Waals surface area contributed by atoms with Crippen molar-refractivity contribution in [2.75, 3.05) is 13.2 Å². The van der Waals surface area contributed by atoms with Crippen LogP contribution < -0.4 is 10.5 Å². The Bertz CT molecular complexity index is 443. The molecule has 0 amide bonds. The molecule has 6 heteroatoms. The molecule has 0 radical (unpaired) electrons. The fourth-order valence-electron chi connectivity index (χ4n) is 2.17. The SMILES string of the molecule is NCc1ccc(OCC2CCCCO2)c(C(F)(F)F)c1. The summed E-state index contributed by atoms with van der Waals surface area (Å²) >= 11 is 0. The van der Waals surface area contributed by atoms with Gasteiger partial charge in [-0.05, 0) is 37.0 Å². The zero-order valence-corrected chi connectivity index (χ0v) is 11.1. The lowest BCUT2D eigenvalue weighted by molar-refractivity contribution is -0.139. The van der Waals surface area contributed by atoms with Crippen LogP contribution in [0.5, 0.6) is 5.75 Å². The largest absolute Gasteiger partial charge is 0.490 e. The van der Waals surface area contributed by atoms with Crippen LogP contribution in [0.3, 0.4) is 0 Å². The molecule has 2 N–H and O–H groups in total. The lowest BCUT2D eigenvalue weighted by Crippen LogP contribution is -2.26. The minimum absolute atomic E-state index is 0.0646. The van der Waals surface area contributed by atoms with E-state index in [4.69, 9.17) is 15.2 Å². The van der Waals surface area contributed by atoms with E-state index in [2.05, 4.69) is 0 Å². The molecule has 0 spiro atoms. The molecule has 1 unspecified atom stereocenters. The molecule has 0 aromatic heterocycles. The number of rotatable bonds is 4. The van der Waals surface area contributed by atoms with Crippen molar-refractivity contribution in [2.24, 2.45) is 5.73 Å². The first-order valence-electron chi connectivity index (χ1n) is 6.65. The van der Waals surface area contributed by atoms with E-state index < -0.39 is 11.7 Å². The van der Waals surface area contributed by atoms with Crippen molar-refractivity contribution in [1.29, 1.82) is 0 Å². The maximum Gasteiger partial charge on any atom is 0.419 e. The van der Waals surface area contributed by atoms with E-state index in [0.717, 1.165) is 25.3 Å². The highest BCUT2D eigenvalue weighted by Gasteiger charge is 2.34. The summed E-state index contributed by atoms with van der Waals surface area (Å²) in [4.78, 5) is 0. The number of ether oxygens (including phenoxy) is 2. The third-order valence-electron chi connectivity index (χ3n) is 3.28. The fourth-order valence-corrected chi connectivity index (χ4v) is 2.17. The van der Waals surface area contributed by atoms with Gasteiger partial charge in [-0.2, -0.15) is 13.2 Å². The van der Waals surface area contributed by atoms with Crippen LogP contribution in [-0.2, 0) is 17.5 Å². The van der Waals surface area contributed by atoms with Gasteiger partial charge in [0.15, 0.2) is 0 Å². The Morgan fingerprint density at radius 2 is 2.10 bits per heavy atom. The van der Waals surface area contributed by atoms with E-state index in [1.807, 2.05) is 0 Å². The molecule has 1 aliphatic heterocycles. The van der Waals surface area contributed by atoms with Crippen molar-refractivity contribution in [1.82, 2.24) is 0 Å². The summed E-state index contributed by atoms with van der Waals surface area (Å²) in [5.41, 5.74) is 5.02. The molecule has 0 saturated carbocycles. The third-order valence-corrected chi connectivity index (χ3v) is 3.28. The van der Waals surface area contributed by atoms with Crippen molar-refractivity contribution in [3.05, 3.63) is 29.3 Å². The first kappa shape index (κ1) is 15.1. The summed E-state index contributed by atoms with van der Waals surface area (Å²) < 4.78 is 49.7. The van der Waals surface area contributed by atoms with Crippen molar-refractivity contribution >= 4 is 0 Å². The standard InChI is InChI=1S/C14H18F3NO2/c15-14(16,17)12-7-10(8-18)4-5-13(12)20-9-11-3-1-2-6-19-11/h4-5,7,11H,1-3,6,8-9,18H2. The highest BCUT2D eigenvalue weighted by Crippen LogP contribution is 2.37. The molecule has 1 saturated heterocycles. The molecule has 0 bridgehead atoms. The van der Waals surface area contributed by atoms with Crippen LogP contribution in [0.4, 0.5) is 13.2 Å². The van der Waals surface area contributed by atoms with Gasteiger partial charge >= 0.3 is 6.18 Å². The molecule has 1 heterocycles. The Hall–Kier alpha value is -1.27. The van der Waals surface area contributed by atoms with Crippen LogP contribution in [-0.4, -0.2) is 19.3 Å². The predicted molar refractivity (Wildman–Crippen MR) is 68.4 cm³/mol. The summed E-state index contributed by atoms with van der Waals surface area (Å²) in [7, 11) is 0. The maximum absolute atomic E-state index is 13.0. The third kappa shape index (κ3) is 3.86. The average Bonchev–Trinajstić information content (AvgIpc) is 2.45. The molecular weight excluding hydrogens is 271 g/mol. The van der Waals surface area contributed by atoms with Gasteiger partial charge in [-0.15, -0.1) is 0 Å². The van der Waals surface area contributed by atoms with Crippen LogP contribution in [0.1, 0.15) is 30.4 Å². The van der Waals surface area contributed by atoms with Crippen LogP contribution in [0.25, 0.3) is 0 Å². The number of hydrogen-bond donors (Lipinski definition) is 1. The molecule has 3 nitrogen and oxygen atoms in total. The lowest BCUT2D eigenvalue weighted by atomic mass is 10.1. The normalized spacial score (nSPS) is 19.9. The topological polar surface area (TPSA) is 44.5 Å². The molecule has 112 valence electrons. The van der Waals surface area contributed by atoms with Gasteiger partial charge in [0.2, 0.25) is 0 Å². The summed E-state index contributed by atoms with van der Waals surface area (Å²) in [6.45, 7) is 0.854. The predicted octanol–water partition coefficient (Wildman–Crippen LogP) is 3.11. The maximum atomic E-state index is 13.0. The van der Waals surface area contributed by atoms with E-state index in [1.165, 1.54) is 6.07 Å². The molecule has 0 aliphatic carbocycles. The van der Waals surface area contributed by atoms with Gasteiger partial charge in [-0.3, -0.25) is 0 Å². The van der Waals surface area contributed by atoms with Gasteiger partial charge in [0.1, 0.15) is 12.4 Å². The van der Waals surface area contributed by atoms with Gasteiger partial charge in [0, 0.05) is 13.2 Å². The number of alkyl halides is 3. The molecule has 1 atom stereocenters. The highest BCUT2D eigenvalue weighted by molar-refractivity contribution is 5.39. The van der Waals surface area contributed by atoms with Crippen LogP contribution in [0, 0.1) is 0 Å². The van der Waals surface area contributed by atoms with Gasteiger partial charge in [-0.25, -0.2) is 0 Å². The Kier molecular flexibility index (Phi) is 4.88. The molecule has 1 aliphatic rings. The molecular formula is C14H18F3NO2.